The summed E-state index contributed by atoms with van der Waals surface area (Å²) in [7, 11) is 1.30. The molecule has 2 aromatic carbocycles. The maximum Gasteiger partial charge on any atom is 0.416 e. The molecule has 29 heavy (non-hydrogen) atoms. The lowest BCUT2D eigenvalue weighted by molar-refractivity contribution is -0.138. The van der Waals surface area contributed by atoms with Crippen molar-refractivity contribution in [2.75, 3.05) is 7.11 Å². The smallest absolute Gasteiger partial charge is 0.416 e. The van der Waals surface area contributed by atoms with Gasteiger partial charge in [-0.15, -0.1) is 0 Å². The average Bonchev–Trinajstić information content (AvgIpc) is 2.68. The number of oxime groups is 2. The number of halogens is 3. The summed E-state index contributed by atoms with van der Waals surface area (Å²) in [4.78, 5) is 21.4. The summed E-state index contributed by atoms with van der Waals surface area (Å²) in [6, 6.07) is 11.4. The Labute approximate surface area is 165 Å². The Balaban J connectivity index is 2.18. The van der Waals surface area contributed by atoms with E-state index in [0.717, 1.165) is 18.3 Å². The molecule has 1 unspecified atom stereocenters. The first kappa shape index (κ1) is 21.9. The zero-order valence-corrected chi connectivity index (χ0v) is 15.7. The molecule has 0 saturated heterocycles. The second-order valence-electron chi connectivity index (χ2n) is 5.98. The van der Waals surface area contributed by atoms with Crippen molar-refractivity contribution in [3.8, 4) is 0 Å². The normalized spacial score (nSPS) is 13.3. The molecule has 0 saturated carbocycles. The van der Waals surface area contributed by atoms with Crippen LogP contribution in [0.2, 0.25) is 0 Å². The van der Waals surface area contributed by atoms with Gasteiger partial charge in [0.25, 0.3) is 0 Å². The topological polar surface area (TPSA) is 80.5 Å². The number of nitrogens with zero attached hydrogens (tertiary/aromatic N) is 2. The molecule has 0 aliphatic carbocycles. The van der Waals surface area contributed by atoms with Crippen molar-refractivity contribution in [2.45, 2.75) is 25.6 Å². The molecule has 0 radical (unpaired) electrons. The van der Waals surface area contributed by atoms with Gasteiger partial charge in [0.1, 0.15) is 19.6 Å². The van der Waals surface area contributed by atoms with E-state index in [2.05, 4.69) is 15.1 Å². The zero-order valence-electron chi connectivity index (χ0n) is 15.7. The maximum atomic E-state index is 12.8. The number of rotatable bonds is 8. The van der Waals surface area contributed by atoms with Crippen molar-refractivity contribution >= 4 is 17.9 Å². The Morgan fingerprint density at radius 1 is 1.21 bits per heavy atom. The first-order valence-corrected chi connectivity index (χ1v) is 8.45. The summed E-state index contributed by atoms with van der Waals surface area (Å²) < 4.78 is 38.5. The number of carboxylic acids is 1. The minimum Gasteiger partial charge on any atom is -0.481 e. The van der Waals surface area contributed by atoms with Crippen LogP contribution in [0.3, 0.4) is 0 Å². The van der Waals surface area contributed by atoms with E-state index < -0.39 is 23.6 Å². The molecule has 2 aromatic rings. The van der Waals surface area contributed by atoms with Crippen molar-refractivity contribution < 1.29 is 32.7 Å². The second-order valence-corrected chi connectivity index (χ2v) is 5.98. The van der Waals surface area contributed by atoms with Crippen LogP contribution in [-0.2, 0) is 27.3 Å². The predicted molar refractivity (Wildman–Crippen MR) is 101 cm³/mol. The van der Waals surface area contributed by atoms with Gasteiger partial charge in [0.15, 0.2) is 0 Å². The molecule has 1 atom stereocenters. The summed E-state index contributed by atoms with van der Waals surface area (Å²) in [6.07, 6.45) is -3.30. The predicted octanol–water partition coefficient (Wildman–Crippen LogP) is 4.45. The summed E-state index contributed by atoms with van der Waals surface area (Å²) in [5, 5.41) is 16.8. The van der Waals surface area contributed by atoms with Gasteiger partial charge >= 0.3 is 12.1 Å². The van der Waals surface area contributed by atoms with E-state index in [0.29, 0.717) is 11.1 Å². The summed E-state index contributed by atoms with van der Waals surface area (Å²) in [5.74, 6) is -2.18. The average molecular weight is 408 g/mol. The van der Waals surface area contributed by atoms with E-state index in [-0.39, 0.29) is 17.9 Å². The third-order valence-electron chi connectivity index (χ3n) is 4.00. The maximum absolute atomic E-state index is 12.8. The molecule has 154 valence electrons. The molecular weight excluding hydrogens is 389 g/mol. The van der Waals surface area contributed by atoms with Crippen molar-refractivity contribution in [3.05, 3.63) is 70.8 Å². The molecule has 0 aliphatic rings. The van der Waals surface area contributed by atoms with Crippen LogP contribution in [0.4, 0.5) is 13.2 Å². The number of carboxylic acid groups (broad SMARTS) is 1. The van der Waals surface area contributed by atoms with E-state index in [9.17, 15) is 23.1 Å². The Hall–Kier alpha value is -3.36. The fraction of sp³-hybridized carbons (Fsp3) is 0.250. The van der Waals surface area contributed by atoms with Crippen LogP contribution in [0.25, 0.3) is 0 Å². The highest BCUT2D eigenvalue weighted by Gasteiger charge is 2.30. The van der Waals surface area contributed by atoms with Crippen molar-refractivity contribution in [1.29, 1.82) is 0 Å². The molecule has 0 aromatic heterocycles. The number of alkyl halides is 3. The van der Waals surface area contributed by atoms with Gasteiger partial charge in [0.2, 0.25) is 0 Å². The van der Waals surface area contributed by atoms with Gasteiger partial charge in [-0.2, -0.15) is 13.2 Å². The van der Waals surface area contributed by atoms with Crippen molar-refractivity contribution in [1.82, 2.24) is 0 Å². The van der Waals surface area contributed by atoms with Gasteiger partial charge in [-0.05, 0) is 35.7 Å². The molecule has 0 bridgehead atoms. The number of hydrogen-bond acceptors (Lipinski definition) is 5. The third kappa shape index (κ3) is 6.06. The largest absolute Gasteiger partial charge is 0.481 e. The van der Waals surface area contributed by atoms with Crippen molar-refractivity contribution in [2.24, 2.45) is 10.3 Å². The van der Waals surface area contributed by atoms with Crippen LogP contribution in [0, 0.1) is 0 Å². The summed E-state index contributed by atoms with van der Waals surface area (Å²) in [6.45, 7) is 1.45. The molecule has 6 nitrogen and oxygen atoms in total. The molecule has 0 spiro atoms. The van der Waals surface area contributed by atoms with E-state index in [1.807, 2.05) is 0 Å². The summed E-state index contributed by atoms with van der Waals surface area (Å²) >= 11 is 0. The third-order valence-corrected chi connectivity index (χ3v) is 4.00. The SMILES string of the molecule is CO/N=C/C(C(=O)O)c1ccccc1CO/N=C(\C)c1cccc(C(F)(F)F)c1. The Morgan fingerprint density at radius 3 is 2.59 bits per heavy atom. The van der Waals surface area contributed by atoms with Gasteiger partial charge in [0, 0.05) is 0 Å². The van der Waals surface area contributed by atoms with Gasteiger partial charge in [-0.3, -0.25) is 4.79 Å². The first-order valence-electron chi connectivity index (χ1n) is 8.45. The van der Waals surface area contributed by atoms with E-state index >= 15 is 0 Å². The quantitative estimate of drug-likeness (QED) is 0.517. The van der Waals surface area contributed by atoms with E-state index in [4.69, 9.17) is 4.84 Å². The minimum absolute atomic E-state index is 0.0723. The lowest BCUT2D eigenvalue weighted by Gasteiger charge is -2.13. The number of carbonyl (C=O) groups is 1. The van der Waals surface area contributed by atoms with Crippen LogP contribution in [-0.4, -0.2) is 30.1 Å². The van der Waals surface area contributed by atoms with Gasteiger partial charge in [-0.25, -0.2) is 0 Å². The lowest BCUT2D eigenvalue weighted by atomic mass is 9.95. The number of hydrogen-bond donors (Lipinski definition) is 1. The highest BCUT2D eigenvalue weighted by molar-refractivity contribution is 5.98. The minimum atomic E-state index is -4.45. The summed E-state index contributed by atoms with van der Waals surface area (Å²) in [5.41, 5.74) is 0.723. The molecule has 0 aliphatic heterocycles. The standard InChI is InChI=1S/C20H19F3N2O4/c1-13(14-7-5-8-16(10-14)20(21,22)23)25-29-12-15-6-3-4-9-17(15)18(19(26)27)11-24-28-2/h3-11,18H,12H2,1-2H3,(H,26,27)/b24-11+,25-13+. The van der Waals surface area contributed by atoms with Crippen LogP contribution < -0.4 is 0 Å². The van der Waals surface area contributed by atoms with Crippen LogP contribution in [0.1, 0.15) is 35.1 Å². The van der Waals surface area contributed by atoms with Crippen LogP contribution >= 0.6 is 0 Å². The van der Waals surface area contributed by atoms with Gasteiger partial charge in [-0.1, -0.05) is 46.7 Å². The lowest BCUT2D eigenvalue weighted by Crippen LogP contribution is -2.15. The van der Waals surface area contributed by atoms with Crippen LogP contribution in [0.5, 0.6) is 0 Å². The molecule has 0 heterocycles. The highest BCUT2D eigenvalue weighted by atomic mass is 19.4. The van der Waals surface area contributed by atoms with E-state index in [1.165, 1.54) is 26.2 Å². The van der Waals surface area contributed by atoms with E-state index in [1.54, 1.807) is 24.3 Å². The second kappa shape index (κ2) is 9.72. The molecular formula is C20H19F3N2O4. The fourth-order valence-corrected chi connectivity index (χ4v) is 2.54. The van der Waals surface area contributed by atoms with Gasteiger partial charge < -0.3 is 14.8 Å². The molecule has 9 heteroatoms. The van der Waals surface area contributed by atoms with Crippen molar-refractivity contribution in [3.63, 3.8) is 0 Å². The first-order chi connectivity index (χ1) is 13.7. The number of aliphatic carboxylic acids is 1. The Kier molecular flexibility index (Phi) is 7.35. The molecule has 2 rings (SSSR count). The highest BCUT2D eigenvalue weighted by Crippen LogP contribution is 2.29. The number of benzene rings is 2. The molecule has 0 fully saturated rings. The fourth-order valence-electron chi connectivity index (χ4n) is 2.54. The Bertz CT molecular complexity index is 911. The Morgan fingerprint density at radius 2 is 1.93 bits per heavy atom. The molecule has 1 N–H and O–H groups in total. The van der Waals surface area contributed by atoms with Gasteiger partial charge in [0.05, 0.1) is 17.5 Å². The monoisotopic (exact) mass is 408 g/mol. The van der Waals surface area contributed by atoms with Crippen LogP contribution in [0.15, 0.2) is 58.8 Å². The zero-order chi connectivity index (χ0) is 21.4. The molecule has 0 amide bonds.